The van der Waals surface area contributed by atoms with Gasteiger partial charge in [-0.3, -0.25) is 0 Å². The summed E-state index contributed by atoms with van der Waals surface area (Å²) in [5.74, 6) is -0.835. The van der Waals surface area contributed by atoms with Crippen LogP contribution in [0.5, 0.6) is 5.75 Å². The van der Waals surface area contributed by atoms with E-state index >= 15 is 0 Å². The molecule has 0 spiro atoms. The van der Waals surface area contributed by atoms with Crippen LogP contribution in [0.2, 0.25) is 10.0 Å². The van der Waals surface area contributed by atoms with Crippen molar-refractivity contribution in [2.45, 2.75) is 25.4 Å². The van der Waals surface area contributed by atoms with Gasteiger partial charge in [0.1, 0.15) is 11.9 Å². The van der Waals surface area contributed by atoms with E-state index in [0.29, 0.717) is 16.5 Å². The number of likely N-dealkylation sites (tertiary alicyclic amines) is 1. The zero-order valence-electron chi connectivity index (χ0n) is 15.6. The SMILES string of the molecule is Fc1ccc(CCNCCN2CCC(Oc3ccc(Cl)c(Cl)c3)CC2)cc1F. The molecule has 1 heterocycles. The molecule has 3 rings (SSSR count). The van der Waals surface area contributed by atoms with Gasteiger partial charge in [-0.15, -0.1) is 0 Å². The van der Waals surface area contributed by atoms with E-state index in [1.54, 1.807) is 18.2 Å². The first-order valence-corrected chi connectivity index (χ1v) is 10.3. The zero-order chi connectivity index (χ0) is 19.9. The van der Waals surface area contributed by atoms with Gasteiger partial charge in [0, 0.05) is 32.2 Å². The second-order valence-corrected chi connectivity index (χ2v) is 7.80. The molecule has 0 bridgehead atoms. The molecule has 0 atom stereocenters. The van der Waals surface area contributed by atoms with Crippen LogP contribution in [-0.2, 0) is 6.42 Å². The normalized spacial score (nSPS) is 15.7. The average molecular weight is 429 g/mol. The number of nitrogens with one attached hydrogen (secondary N) is 1. The van der Waals surface area contributed by atoms with Crippen molar-refractivity contribution < 1.29 is 13.5 Å². The summed E-state index contributed by atoms with van der Waals surface area (Å²) in [5.41, 5.74) is 0.798. The summed E-state index contributed by atoms with van der Waals surface area (Å²) in [6.07, 6.45) is 2.80. The molecule has 28 heavy (non-hydrogen) atoms. The number of piperidine rings is 1. The lowest BCUT2D eigenvalue weighted by Crippen LogP contribution is -2.41. The Balaban J connectivity index is 1.30. The number of hydrogen-bond acceptors (Lipinski definition) is 3. The number of hydrogen-bond donors (Lipinski definition) is 1. The highest BCUT2D eigenvalue weighted by Gasteiger charge is 2.20. The molecule has 1 aliphatic heterocycles. The van der Waals surface area contributed by atoms with Crippen molar-refractivity contribution in [3.05, 3.63) is 63.6 Å². The average Bonchev–Trinajstić information content (AvgIpc) is 2.68. The summed E-state index contributed by atoms with van der Waals surface area (Å²) < 4.78 is 32.1. The van der Waals surface area contributed by atoms with Crippen molar-refractivity contribution in [2.75, 3.05) is 32.7 Å². The number of nitrogens with zero attached hydrogens (tertiary/aromatic N) is 1. The maximum absolute atomic E-state index is 13.2. The molecule has 0 amide bonds. The number of rotatable bonds is 8. The Kier molecular flexibility index (Phi) is 7.91. The maximum atomic E-state index is 13.2. The van der Waals surface area contributed by atoms with E-state index in [9.17, 15) is 8.78 Å². The molecular weight excluding hydrogens is 405 g/mol. The first-order chi connectivity index (χ1) is 13.5. The third-order valence-electron chi connectivity index (χ3n) is 4.91. The lowest BCUT2D eigenvalue weighted by Gasteiger charge is -2.32. The molecule has 2 aromatic rings. The van der Waals surface area contributed by atoms with E-state index in [1.807, 2.05) is 6.07 Å². The van der Waals surface area contributed by atoms with E-state index in [2.05, 4.69) is 10.2 Å². The molecule has 1 saturated heterocycles. The molecule has 1 fully saturated rings. The summed E-state index contributed by atoms with van der Waals surface area (Å²) in [5, 5.41) is 4.40. The molecule has 0 saturated carbocycles. The van der Waals surface area contributed by atoms with Crippen molar-refractivity contribution in [3.8, 4) is 5.75 Å². The summed E-state index contributed by atoms with van der Waals surface area (Å²) in [6, 6.07) is 9.41. The smallest absolute Gasteiger partial charge is 0.159 e. The second-order valence-electron chi connectivity index (χ2n) is 6.98. The lowest BCUT2D eigenvalue weighted by molar-refractivity contribution is 0.101. The second kappa shape index (κ2) is 10.4. The minimum atomic E-state index is -0.803. The first-order valence-electron chi connectivity index (χ1n) is 9.50. The number of benzene rings is 2. The Bertz CT molecular complexity index is 783. The summed E-state index contributed by atoms with van der Waals surface area (Å²) in [6.45, 7) is 4.52. The van der Waals surface area contributed by atoms with Crippen LogP contribution in [0.4, 0.5) is 8.78 Å². The van der Waals surface area contributed by atoms with Crippen molar-refractivity contribution >= 4 is 23.2 Å². The maximum Gasteiger partial charge on any atom is 0.159 e. The highest BCUT2D eigenvalue weighted by molar-refractivity contribution is 6.42. The van der Waals surface area contributed by atoms with Gasteiger partial charge in [-0.25, -0.2) is 8.78 Å². The van der Waals surface area contributed by atoms with Gasteiger partial charge < -0.3 is 15.0 Å². The molecule has 152 valence electrons. The molecule has 0 radical (unpaired) electrons. The van der Waals surface area contributed by atoms with Crippen molar-refractivity contribution in [3.63, 3.8) is 0 Å². The molecule has 3 nitrogen and oxygen atoms in total. The highest BCUT2D eigenvalue weighted by atomic mass is 35.5. The minimum absolute atomic E-state index is 0.190. The van der Waals surface area contributed by atoms with Gasteiger partial charge in [0.2, 0.25) is 0 Å². The van der Waals surface area contributed by atoms with Crippen LogP contribution in [0, 0.1) is 11.6 Å². The monoisotopic (exact) mass is 428 g/mol. The third-order valence-corrected chi connectivity index (χ3v) is 5.65. The van der Waals surface area contributed by atoms with Crippen molar-refractivity contribution in [1.82, 2.24) is 10.2 Å². The molecule has 0 unspecified atom stereocenters. The van der Waals surface area contributed by atoms with E-state index < -0.39 is 11.6 Å². The quantitative estimate of drug-likeness (QED) is 0.602. The Morgan fingerprint density at radius 2 is 1.75 bits per heavy atom. The standard InChI is InChI=1S/C21H24Cl2F2N2O/c22-18-3-2-17(14-19(18)23)28-16-6-10-27(11-7-16)12-9-26-8-5-15-1-4-20(24)21(25)13-15/h1-4,13-14,16,26H,5-12H2. The fourth-order valence-electron chi connectivity index (χ4n) is 3.28. The molecule has 1 N–H and O–H groups in total. The van der Waals surface area contributed by atoms with Crippen molar-refractivity contribution in [1.29, 1.82) is 0 Å². The molecule has 2 aromatic carbocycles. The Labute approximate surface area is 174 Å². The molecule has 1 aliphatic rings. The Hall–Kier alpha value is -1.40. The predicted molar refractivity (Wildman–Crippen MR) is 109 cm³/mol. The van der Waals surface area contributed by atoms with Crippen LogP contribution >= 0.6 is 23.2 Å². The van der Waals surface area contributed by atoms with Crippen LogP contribution in [-0.4, -0.2) is 43.7 Å². The predicted octanol–water partition coefficient (Wildman–Crippen LogP) is 4.95. The van der Waals surface area contributed by atoms with Crippen LogP contribution in [0.25, 0.3) is 0 Å². The van der Waals surface area contributed by atoms with Crippen LogP contribution in [0.3, 0.4) is 0 Å². The van der Waals surface area contributed by atoms with Gasteiger partial charge in [-0.1, -0.05) is 29.3 Å². The van der Waals surface area contributed by atoms with Gasteiger partial charge in [0.05, 0.1) is 10.0 Å². The summed E-state index contributed by atoms with van der Waals surface area (Å²) in [4.78, 5) is 2.40. The van der Waals surface area contributed by atoms with Gasteiger partial charge in [0.15, 0.2) is 11.6 Å². The van der Waals surface area contributed by atoms with Gasteiger partial charge in [-0.2, -0.15) is 0 Å². The van der Waals surface area contributed by atoms with E-state index in [-0.39, 0.29) is 6.10 Å². The molecule has 0 aromatic heterocycles. The van der Waals surface area contributed by atoms with Gasteiger partial charge in [-0.05, 0) is 55.6 Å². The number of ether oxygens (including phenoxy) is 1. The topological polar surface area (TPSA) is 24.5 Å². The largest absolute Gasteiger partial charge is 0.490 e. The van der Waals surface area contributed by atoms with Gasteiger partial charge in [0.25, 0.3) is 0 Å². The molecule has 0 aliphatic carbocycles. The lowest BCUT2D eigenvalue weighted by atomic mass is 10.1. The van der Waals surface area contributed by atoms with E-state index in [0.717, 1.165) is 56.9 Å². The third kappa shape index (κ3) is 6.31. The van der Waals surface area contributed by atoms with E-state index in [4.69, 9.17) is 27.9 Å². The van der Waals surface area contributed by atoms with Crippen LogP contribution in [0.1, 0.15) is 18.4 Å². The number of halogens is 4. The fourth-order valence-corrected chi connectivity index (χ4v) is 3.57. The first kappa shape index (κ1) is 21.3. The molecular formula is C21H24Cl2F2N2O. The Morgan fingerprint density at radius 1 is 0.964 bits per heavy atom. The summed E-state index contributed by atoms with van der Waals surface area (Å²) in [7, 11) is 0. The summed E-state index contributed by atoms with van der Waals surface area (Å²) >= 11 is 12.0. The zero-order valence-corrected chi connectivity index (χ0v) is 17.1. The van der Waals surface area contributed by atoms with Crippen LogP contribution in [0.15, 0.2) is 36.4 Å². The van der Waals surface area contributed by atoms with Gasteiger partial charge >= 0.3 is 0 Å². The van der Waals surface area contributed by atoms with Crippen LogP contribution < -0.4 is 10.1 Å². The minimum Gasteiger partial charge on any atom is -0.490 e. The van der Waals surface area contributed by atoms with E-state index in [1.165, 1.54) is 12.1 Å². The highest BCUT2D eigenvalue weighted by Crippen LogP contribution is 2.28. The van der Waals surface area contributed by atoms with Crippen molar-refractivity contribution in [2.24, 2.45) is 0 Å². The fraction of sp³-hybridized carbons (Fsp3) is 0.429. The Morgan fingerprint density at radius 3 is 2.46 bits per heavy atom. The molecule has 7 heteroatoms.